The minimum atomic E-state index is -0.993. The van der Waals surface area contributed by atoms with Gasteiger partial charge < -0.3 is 9.84 Å². The van der Waals surface area contributed by atoms with E-state index in [4.69, 9.17) is 9.84 Å². The van der Waals surface area contributed by atoms with Gasteiger partial charge in [0.2, 0.25) is 0 Å². The molecule has 110 valence electrons. The average Bonchev–Trinajstić information content (AvgIpc) is 2.47. The van der Waals surface area contributed by atoms with Gasteiger partial charge in [0.05, 0.1) is 16.6 Å². The topological polar surface area (TPSA) is 46.5 Å². The highest BCUT2D eigenvalue weighted by Gasteiger charge is 2.08. The zero-order chi connectivity index (χ0) is 15.2. The van der Waals surface area contributed by atoms with E-state index in [1.165, 1.54) is 24.3 Å². The smallest absolute Gasteiger partial charge is 0.335 e. The standard InChI is InChI=1S/C15H12BrFO3S/c16-13-6-1-10(15(18)19)9-14(13)20-7-8-21-12-4-2-11(17)3-5-12/h1-6,9H,7-8H2,(H,18,19). The SMILES string of the molecule is O=C(O)c1ccc(Br)c(OCCSc2ccc(F)cc2)c1. The maximum atomic E-state index is 12.8. The fraction of sp³-hybridized carbons (Fsp3) is 0.133. The molecule has 1 N–H and O–H groups in total. The first-order valence-electron chi connectivity index (χ1n) is 6.10. The van der Waals surface area contributed by atoms with Gasteiger partial charge in [-0.2, -0.15) is 0 Å². The van der Waals surface area contributed by atoms with Gasteiger partial charge in [-0.3, -0.25) is 0 Å². The first-order valence-corrected chi connectivity index (χ1v) is 7.88. The lowest BCUT2D eigenvalue weighted by Gasteiger charge is -2.09. The van der Waals surface area contributed by atoms with Crippen LogP contribution in [0.1, 0.15) is 10.4 Å². The second-order valence-corrected chi connectivity index (χ2v) is 6.12. The van der Waals surface area contributed by atoms with Crippen molar-refractivity contribution in [2.45, 2.75) is 4.90 Å². The molecule has 21 heavy (non-hydrogen) atoms. The molecule has 0 radical (unpaired) electrons. The van der Waals surface area contributed by atoms with Crippen molar-refractivity contribution >= 4 is 33.7 Å². The molecule has 0 saturated heterocycles. The monoisotopic (exact) mass is 370 g/mol. The first-order chi connectivity index (χ1) is 10.1. The molecule has 2 rings (SSSR count). The van der Waals surface area contributed by atoms with E-state index in [-0.39, 0.29) is 11.4 Å². The fourth-order valence-electron chi connectivity index (χ4n) is 1.59. The fourth-order valence-corrected chi connectivity index (χ4v) is 2.68. The Morgan fingerprint density at radius 1 is 1.24 bits per heavy atom. The summed E-state index contributed by atoms with van der Waals surface area (Å²) < 4.78 is 19.0. The molecule has 0 aromatic heterocycles. The maximum absolute atomic E-state index is 12.8. The lowest BCUT2D eigenvalue weighted by Crippen LogP contribution is -2.03. The van der Waals surface area contributed by atoms with Gasteiger partial charge in [-0.15, -0.1) is 11.8 Å². The molecule has 6 heteroatoms. The van der Waals surface area contributed by atoms with Gasteiger partial charge in [-0.1, -0.05) is 0 Å². The second kappa shape index (κ2) is 7.47. The van der Waals surface area contributed by atoms with E-state index in [1.807, 2.05) is 0 Å². The number of carboxylic acids is 1. The second-order valence-electron chi connectivity index (χ2n) is 4.10. The number of thioether (sulfide) groups is 1. The van der Waals surface area contributed by atoms with Gasteiger partial charge in [0.15, 0.2) is 0 Å². The molecular weight excluding hydrogens is 359 g/mol. The number of rotatable bonds is 6. The number of carbonyl (C=O) groups is 1. The van der Waals surface area contributed by atoms with Gasteiger partial charge in [-0.05, 0) is 58.4 Å². The van der Waals surface area contributed by atoms with E-state index in [2.05, 4.69) is 15.9 Å². The van der Waals surface area contributed by atoms with E-state index in [1.54, 1.807) is 30.0 Å². The van der Waals surface area contributed by atoms with Crippen LogP contribution in [0.2, 0.25) is 0 Å². The quantitative estimate of drug-likeness (QED) is 0.602. The predicted octanol–water partition coefficient (Wildman–Crippen LogP) is 4.46. The Morgan fingerprint density at radius 3 is 2.62 bits per heavy atom. The normalized spacial score (nSPS) is 10.4. The zero-order valence-electron chi connectivity index (χ0n) is 10.9. The zero-order valence-corrected chi connectivity index (χ0v) is 13.3. The van der Waals surface area contributed by atoms with Crippen molar-refractivity contribution in [3.8, 4) is 5.75 Å². The third-order valence-corrected chi connectivity index (χ3v) is 4.23. The Hall–Kier alpha value is -1.53. The van der Waals surface area contributed by atoms with Crippen molar-refractivity contribution in [3.63, 3.8) is 0 Å². The molecule has 0 fully saturated rings. The maximum Gasteiger partial charge on any atom is 0.335 e. The summed E-state index contributed by atoms with van der Waals surface area (Å²) in [6.45, 7) is 0.420. The van der Waals surface area contributed by atoms with E-state index in [0.29, 0.717) is 22.6 Å². The van der Waals surface area contributed by atoms with Crippen molar-refractivity contribution in [3.05, 3.63) is 58.3 Å². The van der Waals surface area contributed by atoms with Crippen molar-refractivity contribution in [1.82, 2.24) is 0 Å². The number of ether oxygens (including phenoxy) is 1. The van der Waals surface area contributed by atoms with Crippen molar-refractivity contribution in [2.24, 2.45) is 0 Å². The summed E-state index contributed by atoms with van der Waals surface area (Å²) in [5.74, 6) is -0.0808. The van der Waals surface area contributed by atoms with Gasteiger partial charge in [0, 0.05) is 10.6 Å². The van der Waals surface area contributed by atoms with E-state index in [0.717, 1.165) is 4.90 Å². The van der Waals surface area contributed by atoms with Crippen molar-refractivity contribution in [2.75, 3.05) is 12.4 Å². The summed E-state index contributed by atoms with van der Waals surface area (Å²) in [6, 6.07) is 10.9. The molecule has 0 aliphatic heterocycles. The van der Waals surface area contributed by atoms with Crippen LogP contribution in [0.5, 0.6) is 5.75 Å². The predicted molar refractivity (Wildman–Crippen MR) is 83.7 cm³/mol. The van der Waals surface area contributed by atoms with Crippen LogP contribution in [0.3, 0.4) is 0 Å². The van der Waals surface area contributed by atoms with E-state index < -0.39 is 5.97 Å². The summed E-state index contributed by atoms with van der Waals surface area (Å²) in [6.07, 6.45) is 0. The number of hydrogen-bond donors (Lipinski definition) is 1. The molecule has 0 bridgehead atoms. The molecule has 2 aromatic rings. The van der Waals surface area contributed by atoms with Crippen molar-refractivity contribution < 1.29 is 19.0 Å². The number of aromatic carboxylic acids is 1. The molecular formula is C15H12BrFO3S. The molecule has 0 saturated carbocycles. The highest BCUT2D eigenvalue weighted by atomic mass is 79.9. The first kappa shape index (κ1) is 15.9. The Balaban J connectivity index is 1.87. The van der Waals surface area contributed by atoms with Gasteiger partial charge in [0.1, 0.15) is 11.6 Å². The number of hydrogen-bond acceptors (Lipinski definition) is 3. The summed E-state index contributed by atoms with van der Waals surface area (Å²) >= 11 is 4.86. The summed E-state index contributed by atoms with van der Waals surface area (Å²) in [5.41, 5.74) is 0.180. The highest BCUT2D eigenvalue weighted by molar-refractivity contribution is 9.10. The lowest BCUT2D eigenvalue weighted by atomic mass is 10.2. The van der Waals surface area contributed by atoms with Gasteiger partial charge in [-0.25, -0.2) is 9.18 Å². The average molecular weight is 371 g/mol. The van der Waals surface area contributed by atoms with Crippen LogP contribution in [0.15, 0.2) is 51.8 Å². The summed E-state index contributed by atoms with van der Waals surface area (Å²) in [5, 5.41) is 8.94. The molecule has 0 unspecified atom stereocenters. The van der Waals surface area contributed by atoms with Crippen LogP contribution in [0.4, 0.5) is 4.39 Å². The van der Waals surface area contributed by atoms with Crippen LogP contribution in [0, 0.1) is 5.82 Å². The minimum Gasteiger partial charge on any atom is -0.492 e. The Bertz CT molecular complexity index is 631. The Kier molecular flexibility index (Phi) is 5.64. The molecule has 0 amide bonds. The van der Waals surface area contributed by atoms with E-state index >= 15 is 0 Å². The molecule has 0 atom stereocenters. The summed E-state index contributed by atoms with van der Waals surface area (Å²) in [4.78, 5) is 11.9. The van der Waals surface area contributed by atoms with Gasteiger partial charge in [0.25, 0.3) is 0 Å². The number of carboxylic acid groups (broad SMARTS) is 1. The molecule has 2 aromatic carbocycles. The van der Waals surface area contributed by atoms with Crippen molar-refractivity contribution in [1.29, 1.82) is 0 Å². The summed E-state index contributed by atoms with van der Waals surface area (Å²) in [7, 11) is 0. The van der Waals surface area contributed by atoms with Crippen LogP contribution < -0.4 is 4.74 Å². The largest absolute Gasteiger partial charge is 0.492 e. The lowest BCUT2D eigenvalue weighted by molar-refractivity contribution is 0.0696. The number of halogens is 2. The van der Waals surface area contributed by atoms with Crippen LogP contribution in [0.25, 0.3) is 0 Å². The molecule has 3 nitrogen and oxygen atoms in total. The number of benzene rings is 2. The Morgan fingerprint density at radius 2 is 1.95 bits per heavy atom. The van der Waals surface area contributed by atoms with Crippen LogP contribution >= 0.6 is 27.7 Å². The molecule has 0 spiro atoms. The third-order valence-electron chi connectivity index (χ3n) is 2.60. The third kappa shape index (κ3) is 4.75. The minimum absolute atomic E-state index is 0.180. The molecule has 0 aliphatic rings. The Labute approximate surface area is 134 Å². The molecule has 0 heterocycles. The highest BCUT2D eigenvalue weighted by Crippen LogP contribution is 2.26. The van der Waals surface area contributed by atoms with E-state index in [9.17, 15) is 9.18 Å². The van der Waals surface area contributed by atoms with Gasteiger partial charge >= 0.3 is 5.97 Å². The van der Waals surface area contributed by atoms with Crippen LogP contribution in [-0.2, 0) is 0 Å². The molecule has 0 aliphatic carbocycles. The van der Waals surface area contributed by atoms with Crippen LogP contribution in [-0.4, -0.2) is 23.4 Å².